The molecule has 108 valence electrons. The summed E-state index contributed by atoms with van der Waals surface area (Å²) in [5.74, 6) is 5.87. The second-order valence-electron chi connectivity index (χ2n) is 4.60. The first-order chi connectivity index (χ1) is 10.1. The number of halogens is 3. The molecule has 0 aliphatic carbocycles. The van der Waals surface area contributed by atoms with E-state index in [1.165, 1.54) is 12.1 Å². The number of furan rings is 1. The van der Waals surface area contributed by atoms with Crippen molar-refractivity contribution in [2.45, 2.75) is 6.04 Å². The van der Waals surface area contributed by atoms with Crippen molar-refractivity contribution < 1.29 is 8.81 Å². The third kappa shape index (κ3) is 2.82. The van der Waals surface area contributed by atoms with E-state index in [4.69, 9.17) is 21.9 Å². The van der Waals surface area contributed by atoms with E-state index in [0.29, 0.717) is 21.9 Å². The summed E-state index contributed by atoms with van der Waals surface area (Å²) in [5, 5.41) is 1.49. The molecule has 1 aromatic heterocycles. The van der Waals surface area contributed by atoms with Gasteiger partial charge in [-0.25, -0.2) is 9.82 Å². The van der Waals surface area contributed by atoms with Crippen LogP contribution in [0.5, 0.6) is 0 Å². The Morgan fingerprint density at radius 2 is 2.00 bits per heavy atom. The zero-order chi connectivity index (χ0) is 15.0. The Labute approximate surface area is 134 Å². The van der Waals surface area contributed by atoms with E-state index < -0.39 is 6.04 Å². The largest absolute Gasteiger partial charge is 0.459 e. The van der Waals surface area contributed by atoms with Crippen LogP contribution in [0.1, 0.15) is 17.4 Å². The van der Waals surface area contributed by atoms with Gasteiger partial charge in [0.1, 0.15) is 23.2 Å². The van der Waals surface area contributed by atoms with Crippen LogP contribution in [0.2, 0.25) is 5.02 Å². The van der Waals surface area contributed by atoms with Crippen molar-refractivity contribution in [3.05, 3.63) is 69.1 Å². The van der Waals surface area contributed by atoms with Gasteiger partial charge in [0.05, 0.1) is 0 Å². The SMILES string of the molecule is NNC(c1cc2cc(Cl)ccc2o1)c1cc(F)ccc1Br. The normalized spacial score (nSPS) is 12.8. The Morgan fingerprint density at radius 3 is 2.76 bits per heavy atom. The zero-order valence-corrected chi connectivity index (χ0v) is 13.1. The molecule has 1 atom stereocenters. The maximum atomic E-state index is 13.5. The molecule has 0 amide bonds. The number of fused-ring (bicyclic) bond motifs is 1. The Morgan fingerprint density at radius 1 is 1.19 bits per heavy atom. The van der Waals surface area contributed by atoms with Crippen LogP contribution in [0.15, 0.2) is 51.4 Å². The van der Waals surface area contributed by atoms with Gasteiger partial charge in [0.2, 0.25) is 0 Å². The second-order valence-corrected chi connectivity index (χ2v) is 5.89. The summed E-state index contributed by atoms with van der Waals surface area (Å²) in [4.78, 5) is 0. The molecule has 6 heteroatoms. The van der Waals surface area contributed by atoms with Gasteiger partial charge in [0.25, 0.3) is 0 Å². The van der Waals surface area contributed by atoms with Crippen LogP contribution >= 0.6 is 27.5 Å². The minimum absolute atomic E-state index is 0.340. The number of hydrogen-bond donors (Lipinski definition) is 2. The molecule has 0 aliphatic rings. The number of hydrogen-bond acceptors (Lipinski definition) is 3. The van der Waals surface area contributed by atoms with Crippen LogP contribution < -0.4 is 11.3 Å². The molecule has 0 aliphatic heterocycles. The third-order valence-corrected chi connectivity index (χ3v) is 4.17. The topological polar surface area (TPSA) is 51.2 Å². The Kier molecular flexibility index (Phi) is 3.99. The molecule has 0 saturated carbocycles. The number of nitrogens with one attached hydrogen (secondary N) is 1. The van der Waals surface area contributed by atoms with Crippen LogP contribution in [0.3, 0.4) is 0 Å². The quantitative estimate of drug-likeness (QED) is 0.526. The third-order valence-electron chi connectivity index (χ3n) is 3.22. The van der Waals surface area contributed by atoms with Gasteiger partial charge in [-0.1, -0.05) is 27.5 Å². The van der Waals surface area contributed by atoms with Crippen molar-refractivity contribution in [1.82, 2.24) is 5.43 Å². The van der Waals surface area contributed by atoms with E-state index in [2.05, 4.69) is 21.4 Å². The maximum Gasteiger partial charge on any atom is 0.134 e. The van der Waals surface area contributed by atoms with Crippen molar-refractivity contribution in [3.8, 4) is 0 Å². The monoisotopic (exact) mass is 368 g/mol. The van der Waals surface area contributed by atoms with Crippen LogP contribution in [-0.2, 0) is 0 Å². The molecule has 2 aromatic carbocycles. The molecule has 3 nitrogen and oxygen atoms in total. The fraction of sp³-hybridized carbons (Fsp3) is 0.0667. The zero-order valence-electron chi connectivity index (χ0n) is 10.7. The van der Waals surface area contributed by atoms with E-state index in [0.717, 1.165) is 9.86 Å². The summed E-state index contributed by atoms with van der Waals surface area (Å²) >= 11 is 9.36. The fourth-order valence-electron chi connectivity index (χ4n) is 2.24. The molecule has 1 unspecified atom stereocenters. The van der Waals surface area contributed by atoms with E-state index in [9.17, 15) is 4.39 Å². The minimum atomic E-state index is -0.471. The van der Waals surface area contributed by atoms with E-state index >= 15 is 0 Å². The van der Waals surface area contributed by atoms with Crippen molar-refractivity contribution >= 4 is 38.5 Å². The first-order valence-electron chi connectivity index (χ1n) is 6.18. The lowest BCUT2D eigenvalue weighted by Gasteiger charge is -2.15. The molecule has 0 spiro atoms. The highest BCUT2D eigenvalue weighted by molar-refractivity contribution is 9.10. The molecule has 1 heterocycles. The smallest absolute Gasteiger partial charge is 0.134 e. The van der Waals surface area contributed by atoms with Gasteiger partial charge in [-0.2, -0.15) is 0 Å². The molecule has 3 rings (SSSR count). The van der Waals surface area contributed by atoms with Crippen LogP contribution in [-0.4, -0.2) is 0 Å². The van der Waals surface area contributed by atoms with Gasteiger partial charge in [0, 0.05) is 14.9 Å². The van der Waals surface area contributed by atoms with E-state index in [-0.39, 0.29) is 5.82 Å². The van der Waals surface area contributed by atoms with Gasteiger partial charge < -0.3 is 4.42 Å². The number of benzene rings is 2. The molecule has 0 radical (unpaired) electrons. The molecular weight excluding hydrogens is 359 g/mol. The molecule has 3 aromatic rings. The summed E-state index contributed by atoms with van der Waals surface area (Å²) in [6, 6.07) is 11.1. The number of hydrazine groups is 1. The molecule has 0 saturated heterocycles. The van der Waals surface area contributed by atoms with Crippen LogP contribution in [0.25, 0.3) is 11.0 Å². The molecule has 0 bridgehead atoms. The average molecular weight is 370 g/mol. The fourth-order valence-corrected chi connectivity index (χ4v) is 2.89. The maximum absolute atomic E-state index is 13.5. The first kappa shape index (κ1) is 14.5. The highest BCUT2D eigenvalue weighted by atomic mass is 79.9. The van der Waals surface area contributed by atoms with Crippen molar-refractivity contribution in [2.75, 3.05) is 0 Å². The van der Waals surface area contributed by atoms with E-state index in [1.807, 2.05) is 6.07 Å². The van der Waals surface area contributed by atoms with Crippen LogP contribution in [0, 0.1) is 5.82 Å². The van der Waals surface area contributed by atoms with Crippen molar-refractivity contribution in [1.29, 1.82) is 0 Å². The summed E-state index contributed by atoms with van der Waals surface area (Å²) in [7, 11) is 0. The van der Waals surface area contributed by atoms with E-state index in [1.54, 1.807) is 24.3 Å². The predicted octanol–water partition coefficient (Wildman–Crippen LogP) is 4.54. The molecular formula is C15H11BrClFN2O. The Balaban J connectivity index is 2.11. The highest BCUT2D eigenvalue weighted by Crippen LogP contribution is 2.32. The molecule has 0 fully saturated rings. The summed E-state index contributed by atoms with van der Waals surface area (Å²) in [6.45, 7) is 0. The lowest BCUT2D eigenvalue weighted by Crippen LogP contribution is -2.28. The van der Waals surface area contributed by atoms with Gasteiger partial charge >= 0.3 is 0 Å². The molecule has 21 heavy (non-hydrogen) atoms. The Hall–Kier alpha value is -1.40. The standard InChI is InChI=1S/C15H11BrClFN2O/c16-12-3-2-10(18)7-11(12)15(20-19)14-6-8-5-9(17)1-4-13(8)21-14/h1-7,15,20H,19H2. The molecule has 3 N–H and O–H groups in total. The van der Waals surface area contributed by atoms with Gasteiger partial charge in [-0.05, 0) is 48.0 Å². The summed E-state index contributed by atoms with van der Waals surface area (Å²) in [5.41, 5.74) is 4.01. The van der Waals surface area contributed by atoms with Crippen molar-refractivity contribution in [3.63, 3.8) is 0 Å². The minimum Gasteiger partial charge on any atom is -0.459 e. The summed E-state index contributed by atoms with van der Waals surface area (Å²) in [6.07, 6.45) is 0. The number of nitrogens with two attached hydrogens (primary N) is 1. The van der Waals surface area contributed by atoms with Gasteiger partial charge in [-0.15, -0.1) is 0 Å². The van der Waals surface area contributed by atoms with Gasteiger partial charge in [-0.3, -0.25) is 5.84 Å². The highest BCUT2D eigenvalue weighted by Gasteiger charge is 2.20. The average Bonchev–Trinajstić information content (AvgIpc) is 2.86. The first-order valence-corrected chi connectivity index (χ1v) is 7.35. The van der Waals surface area contributed by atoms with Gasteiger partial charge in [0.15, 0.2) is 0 Å². The van der Waals surface area contributed by atoms with Crippen LogP contribution in [0.4, 0.5) is 4.39 Å². The predicted molar refractivity (Wildman–Crippen MR) is 84.5 cm³/mol. The number of rotatable bonds is 3. The van der Waals surface area contributed by atoms with Crippen molar-refractivity contribution in [2.24, 2.45) is 5.84 Å². The second kappa shape index (κ2) is 5.77. The Bertz CT molecular complexity index is 805. The lowest BCUT2D eigenvalue weighted by atomic mass is 10.0. The lowest BCUT2D eigenvalue weighted by molar-refractivity contribution is 0.474. The summed E-state index contributed by atoms with van der Waals surface area (Å²) < 4.78 is 20.0.